The lowest BCUT2D eigenvalue weighted by Gasteiger charge is -2.34. The molecule has 0 bridgehead atoms. The highest BCUT2D eigenvalue weighted by atomic mass is 32.2. The highest BCUT2D eigenvalue weighted by molar-refractivity contribution is 7.92. The average molecular weight is 401 g/mol. The number of hydrogen-bond donors (Lipinski definition) is 1. The van der Waals surface area contributed by atoms with Gasteiger partial charge in [-0.15, -0.1) is 0 Å². The molecule has 1 fully saturated rings. The van der Waals surface area contributed by atoms with Crippen LogP contribution in [0.15, 0.2) is 53.4 Å². The van der Waals surface area contributed by atoms with Crippen molar-refractivity contribution >= 4 is 21.6 Å². The lowest BCUT2D eigenvalue weighted by atomic mass is 10.0. The third-order valence-electron chi connectivity index (χ3n) is 5.61. The van der Waals surface area contributed by atoms with Crippen LogP contribution in [0, 0.1) is 0 Å². The van der Waals surface area contributed by atoms with Gasteiger partial charge in [0.15, 0.2) is 0 Å². The van der Waals surface area contributed by atoms with Gasteiger partial charge in [0.1, 0.15) is 0 Å². The second kappa shape index (κ2) is 7.56. The van der Waals surface area contributed by atoms with E-state index in [1.54, 1.807) is 17.0 Å². The van der Waals surface area contributed by atoms with Crippen LogP contribution >= 0.6 is 0 Å². The van der Waals surface area contributed by atoms with E-state index in [-0.39, 0.29) is 23.5 Å². The van der Waals surface area contributed by atoms with Crippen molar-refractivity contribution in [1.29, 1.82) is 0 Å². The maximum atomic E-state index is 13.2. The van der Waals surface area contributed by atoms with Crippen LogP contribution in [-0.2, 0) is 16.4 Å². The van der Waals surface area contributed by atoms with Gasteiger partial charge in [-0.2, -0.15) is 0 Å². The molecule has 0 saturated carbocycles. The van der Waals surface area contributed by atoms with E-state index in [4.69, 9.17) is 0 Å². The Kier molecular flexibility index (Phi) is 5.12. The Labute approximate surface area is 165 Å². The number of amides is 1. The summed E-state index contributed by atoms with van der Waals surface area (Å²) in [7, 11) is -3.74. The van der Waals surface area contributed by atoms with Gasteiger partial charge < -0.3 is 10.0 Å². The van der Waals surface area contributed by atoms with Gasteiger partial charge in [-0.25, -0.2) is 8.42 Å². The van der Waals surface area contributed by atoms with Gasteiger partial charge in [-0.05, 0) is 55.5 Å². The molecule has 2 heterocycles. The van der Waals surface area contributed by atoms with Gasteiger partial charge in [-0.3, -0.25) is 9.10 Å². The third kappa shape index (κ3) is 3.29. The maximum absolute atomic E-state index is 13.2. The quantitative estimate of drug-likeness (QED) is 0.855. The van der Waals surface area contributed by atoms with Crippen molar-refractivity contribution in [3.8, 4) is 0 Å². The second-order valence-corrected chi connectivity index (χ2v) is 9.18. The first kappa shape index (κ1) is 19.0. The first-order chi connectivity index (χ1) is 13.5. The summed E-state index contributed by atoms with van der Waals surface area (Å²) in [5, 5.41) is 9.58. The molecule has 0 unspecified atom stereocenters. The smallest absolute Gasteiger partial charge is 0.264 e. The van der Waals surface area contributed by atoms with E-state index in [1.807, 2.05) is 24.3 Å². The van der Waals surface area contributed by atoms with E-state index in [1.165, 1.54) is 16.4 Å². The summed E-state index contributed by atoms with van der Waals surface area (Å²) in [4.78, 5) is 14.8. The zero-order valence-electron chi connectivity index (χ0n) is 15.6. The summed E-state index contributed by atoms with van der Waals surface area (Å²) in [6.45, 7) is 0.910. The molecular formula is C21H24N2O4S. The van der Waals surface area contributed by atoms with E-state index < -0.39 is 10.0 Å². The van der Waals surface area contributed by atoms with Crippen molar-refractivity contribution in [3.05, 3.63) is 59.7 Å². The Bertz CT molecular complexity index is 989. The van der Waals surface area contributed by atoms with Gasteiger partial charge in [0.05, 0.1) is 23.2 Å². The van der Waals surface area contributed by atoms with Crippen LogP contribution in [0.1, 0.15) is 35.2 Å². The number of para-hydroxylation sites is 1. The molecule has 0 spiro atoms. The number of aliphatic hydroxyl groups excluding tert-OH is 1. The van der Waals surface area contributed by atoms with Gasteiger partial charge in [0.25, 0.3) is 15.9 Å². The summed E-state index contributed by atoms with van der Waals surface area (Å²) in [5.41, 5.74) is 2.06. The summed E-state index contributed by atoms with van der Waals surface area (Å²) in [6.07, 6.45) is 3.33. The number of likely N-dealkylation sites (tertiary alicyclic amines) is 1. The normalized spacial score (nSPS) is 19.5. The number of fused-ring (bicyclic) bond motifs is 1. The maximum Gasteiger partial charge on any atom is 0.264 e. The Hall–Kier alpha value is -2.38. The van der Waals surface area contributed by atoms with Crippen molar-refractivity contribution in [1.82, 2.24) is 4.90 Å². The summed E-state index contributed by atoms with van der Waals surface area (Å²) >= 11 is 0. The minimum absolute atomic E-state index is 0.0751. The van der Waals surface area contributed by atoms with Crippen LogP contribution in [0.25, 0.3) is 0 Å². The monoisotopic (exact) mass is 400 g/mol. The van der Waals surface area contributed by atoms with Crippen LogP contribution in [0.4, 0.5) is 5.69 Å². The van der Waals surface area contributed by atoms with Crippen molar-refractivity contribution in [2.45, 2.75) is 36.6 Å². The Morgan fingerprint density at radius 1 is 1.07 bits per heavy atom. The minimum atomic E-state index is -3.74. The number of benzene rings is 2. The minimum Gasteiger partial charge on any atom is -0.394 e. The third-order valence-corrected chi connectivity index (χ3v) is 7.42. The van der Waals surface area contributed by atoms with Crippen molar-refractivity contribution in [2.75, 3.05) is 24.0 Å². The fraction of sp³-hybridized carbons (Fsp3) is 0.381. The Morgan fingerprint density at radius 2 is 1.89 bits per heavy atom. The number of aliphatic hydroxyl groups is 1. The van der Waals surface area contributed by atoms with Gasteiger partial charge >= 0.3 is 0 Å². The molecule has 1 amide bonds. The molecule has 28 heavy (non-hydrogen) atoms. The predicted octanol–water partition coefficient (Wildman–Crippen LogP) is 2.43. The standard InChI is InChI=1S/C21H24N2O4S/c24-15-18-8-3-4-12-22(18)21(25)17-7-5-9-19(14-17)28(26,27)23-13-11-16-6-1-2-10-20(16)23/h1-2,5-7,9-10,14,18,24H,3-4,8,11-13,15H2/t18-/m0/s1. The second-order valence-electron chi connectivity index (χ2n) is 7.31. The highest BCUT2D eigenvalue weighted by Crippen LogP contribution is 2.33. The molecule has 6 nitrogen and oxygen atoms in total. The Morgan fingerprint density at radius 3 is 2.71 bits per heavy atom. The number of anilines is 1. The lowest BCUT2D eigenvalue weighted by Crippen LogP contribution is -2.45. The van der Waals surface area contributed by atoms with Crippen LogP contribution in [0.5, 0.6) is 0 Å². The first-order valence-electron chi connectivity index (χ1n) is 9.65. The molecule has 1 N–H and O–H groups in total. The molecular weight excluding hydrogens is 376 g/mol. The molecule has 2 aliphatic heterocycles. The van der Waals surface area contributed by atoms with E-state index in [9.17, 15) is 18.3 Å². The zero-order chi connectivity index (χ0) is 19.7. The summed E-state index contributed by atoms with van der Waals surface area (Å²) in [6, 6.07) is 13.5. The molecule has 0 aromatic heterocycles. The SMILES string of the molecule is O=C(c1cccc(S(=O)(=O)N2CCc3ccccc32)c1)N1CCCC[C@H]1CO. The average Bonchev–Trinajstić information content (AvgIpc) is 3.18. The molecule has 2 aromatic rings. The number of hydrogen-bond acceptors (Lipinski definition) is 4. The fourth-order valence-corrected chi connectivity index (χ4v) is 5.65. The molecule has 2 aliphatic rings. The van der Waals surface area contributed by atoms with Gasteiger partial charge in [0, 0.05) is 18.7 Å². The molecule has 1 atom stereocenters. The van der Waals surface area contributed by atoms with Gasteiger partial charge in [0.2, 0.25) is 0 Å². The van der Waals surface area contributed by atoms with Crippen LogP contribution in [-0.4, -0.2) is 50.1 Å². The number of rotatable bonds is 4. The molecule has 0 radical (unpaired) electrons. The molecule has 2 aromatic carbocycles. The summed E-state index contributed by atoms with van der Waals surface area (Å²) in [5.74, 6) is -0.224. The largest absolute Gasteiger partial charge is 0.394 e. The number of carbonyl (C=O) groups excluding carboxylic acids is 1. The summed E-state index contributed by atoms with van der Waals surface area (Å²) < 4.78 is 27.9. The van der Waals surface area contributed by atoms with Gasteiger partial charge in [-0.1, -0.05) is 24.3 Å². The fourth-order valence-electron chi connectivity index (χ4n) is 4.10. The van der Waals surface area contributed by atoms with E-state index >= 15 is 0 Å². The zero-order valence-corrected chi connectivity index (χ0v) is 16.4. The van der Waals surface area contributed by atoms with Crippen molar-refractivity contribution in [2.24, 2.45) is 0 Å². The molecule has 4 rings (SSSR count). The van der Waals surface area contributed by atoms with E-state index in [0.717, 1.165) is 24.8 Å². The van der Waals surface area contributed by atoms with Crippen LogP contribution in [0.3, 0.4) is 0 Å². The Balaban J connectivity index is 1.64. The van der Waals surface area contributed by atoms with Crippen LogP contribution in [0.2, 0.25) is 0 Å². The van der Waals surface area contributed by atoms with Crippen LogP contribution < -0.4 is 4.31 Å². The molecule has 1 saturated heterocycles. The molecule has 7 heteroatoms. The highest BCUT2D eigenvalue weighted by Gasteiger charge is 2.32. The van der Waals surface area contributed by atoms with Crippen molar-refractivity contribution < 1.29 is 18.3 Å². The number of sulfonamides is 1. The first-order valence-corrected chi connectivity index (χ1v) is 11.1. The lowest BCUT2D eigenvalue weighted by molar-refractivity contribution is 0.0503. The van der Waals surface area contributed by atoms with Crippen molar-refractivity contribution in [3.63, 3.8) is 0 Å². The van der Waals surface area contributed by atoms with E-state index in [0.29, 0.717) is 30.8 Å². The number of carbonyl (C=O) groups is 1. The predicted molar refractivity (Wildman–Crippen MR) is 107 cm³/mol. The topological polar surface area (TPSA) is 77.9 Å². The molecule has 148 valence electrons. The number of piperidine rings is 1. The molecule has 0 aliphatic carbocycles. The number of nitrogens with zero attached hydrogens (tertiary/aromatic N) is 2. The van der Waals surface area contributed by atoms with E-state index in [2.05, 4.69) is 0 Å².